The van der Waals surface area contributed by atoms with E-state index in [4.69, 9.17) is 9.15 Å². The number of hydrogen-bond acceptors (Lipinski definition) is 6. The zero-order chi connectivity index (χ0) is 19.7. The second kappa shape index (κ2) is 7.97. The monoisotopic (exact) mass is 400 g/mol. The molecule has 1 atom stereocenters. The fraction of sp³-hybridized carbons (Fsp3) is 0.450. The predicted molar refractivity (Wildman–Crippen MR) is 107 cm³/mol. The summed E-state index contributed by atoms with van der Waals surface area (Å²) >= 11 is 1.39. The molecule has 1 saturated heterocycles. The lowest BCUT2D eigenvalue weighted by Gasteiger charge is -2.14. The Hall–Kier alpha value is -2.32. The third-order valence-electron chi connectivity index (χ3n) is 5.19. The zero-order valence-corrected chi connectivity index (χ0v) is 17.2. The van der Waals surface area contributed by atoms with Gasteiger partial charge in [-0.15, -0.1) is 10.2 Å². The number of hydrogen-bond donors (Lipinski definition) is 0. The highest BCUT2D eigenvalue weighted by Crippen LogP contribution is 2.25. The minimum absolute atomic E-state index is 0.0965. The summed E-state index contributed by atoms with van der Waals surface area (Å²) in [6.45, 7) is 5.71. The van der Waals surface area contributed by atoms with E-state index in [0.717, 1.165) is 42.9 Å². The van der Waals surface area contributed by atoms with Crippen molar-refractivity contribution >= 4 is 17.5 Å². The molecule has 1 fully saturated rings. The number of furan rings is 1. The number of rotatable bonds is 7. The minimum atomic E-state index is 0.0965. The molecule has 0 aromatic carbocycles. The molecule has 0 bridgehead atoms. The van der Waals surface area contributed by atoms with Crippen molar-refractivity contribution in [1.29, 1.82) is 0 Å². The van der Waals surface area contributed by atoms with Crippen molar-refractivity contribution in [2.24, 2.45) is 7.05 Å². The van der Waals surface area contributed by atoms with E-state index in [-0.39, 0.29) is 11.9 Å². The molecular formula is C20H24N4O3S. The molecule has 3 aromatic rings. The maximum absolute atomic E-state index is 12.8. The average molecular weight is 401 g/mol. The normalized spacial score (nSPS) is 16.8. The van der Waals surface area contributed by atoms with Gasteiger partial charge in [-0.1, -0.05) is 11.8 Å². The fourth-order valence-corrected chi connectivity index (χ4v) is 4.42. The number of thioether (sulfide) groups is 1. The molecule has 3 aromatic heterocycles. The van der Waals surface area contributed by atoms with E-state index in [1.807, 2.05) is 43.7 Å². The van der Waals surface area contributed by atoms with Crippen molar-refractivity contribution in [2.45, 2.75) is 44.5 Å². The summed E-state index contributed by atoms with van der Waals surface area (Å²) in [6, 6.07) is 5.64. The van der Waals surface area contributed by atoms with Gasteiger partial charge in [0, 0.05) is 37.2 Å². The lowest BCUT2D eigenvalue weighted by Crippen LogP contribution is -2.17. The van der Waals surface area contributed by atoms with E-state index in [9.17, 15) is 4.79 Å². The first-order valence-corrected chi connectivity index (χ1v) is 10.4. The van der Waals surface area contributed by atoms with Gasteiger partial charge in [-0.2, -0.15) is 0 Å². The van der Waals surface area contributed by atoms with Crippen LogP contribution in [0.1, 0.15) is 34.6 Å². The number of ketones is 1. The van der Waals surface area contributed by atoms with Crippen molar-refractivity contribution < 1.29 is 13.9 Å². The van der Waals surface area contributed by atoms with E-state index < -0.39 is 0 Å². The van der Waals surface area contributed by atoms with Gasteiger partial charge in [0.2, 0.25) is 0 Å². The number of Topliss-reactive ketones (excluding diaryl/α,β-unsaturated/α-hetero) is 1. The number of ether oxygens (including phenoxy) is 1. The maximum Gasteiger partial charge on any atom is 0.200 e. The first kappa shape index (κ1) is 19.0. The molecule has 148 valence electrons. The molecule has 0 N–H and O–H groups in total. The van der Waals surface area contributed by atoms with Crippen LogP contribution in [0.25, 0.3) is 11.6 Å². The van der Waals surface area contributed by atoms with Gasteiger partial charge in [-0.3, -0.25) is 4.79 Å². The Morgan fingerprint density at radius 2 is 2.21 bits per heavy atom. The molecule has 28 heavy (non-hydrogen) atoms. The van der Waals surface area contributed by atoms with Crippen LogP contribution in [-0.4, -0.2) is 43.6 Å². The molecule has 0 unspecified atom stereocenters. The first-order chi connectivity index (χ1) is 13.5. The third kappa shape index (κ3) is 3.66. The van der Waals surface area contributed by atoms with Crippen LogP contribution in [0.2, 0.25) is 0 Å². The van der Waals surface area contributed by atoms with Crippen molar-refractivity contribution in [2.75, 3.05) is 12.4 Å². The Kier molecular flexibility index (Phi) is 5.41. The van der Waals surface area contributed by atoms with Crippen LogP contribution in [0, 0.1) is 13.8 Å². The molecule has 0 saturated carbocycles. The highest BCUT2D eigenvalue weighted by atomic mass is 32.2. The number of carbonyl (C=O) groups is 1. The van der Waals surface area contributed by atoms with Crippen molar-refractivity contribution in [3.8, 4) is 11.6 Å². The van der Waals surface area contributed by atoms with Gasteiger partial charge in [0.15, 0.2) is 22.5 Å². The third-order valence-corrected chi connectivity index (χ3v) is 6.21. The summed E-state index contributed by atoms with van der Waals surface area (Å²) in [5.41, 5.74) is 2.88. The van der Waals surface area contributed by atoms with E-state index >= 15 is 0 Å². The summed E-state index contributed by atoms with van der Waals surface area (Å²) in [5.74, 6) is 1.72. The molecule has 0 amide bonds. The standard InChI is InChI=1S/C20H24N4O3S/c1-13-10-16(14(2)24(13)11-15-6-4-8-26-15)17(25)12-28-20-22-21-19(23(20)3)18-7-5-9-27-18/h5,7,9-10,15H,4,6,8,11-12H2,1-3H3/t15-/m1/s1. The van der Waals surface area contributed by atoms with Gasteiger partial charge in [-0.05, 0) is 44.9 Å². The predicted octanol–water partition coefficient (Wildman–Crippen LogP) is 3.65. The summed E-state index contributed by atoms with van der Waals surface area (Å²) in [5, 5.41) is 9.05. The van der Waals surface area contributed by atoms with Gasteiger partial charge in [0.1, 0.15) is 0 Å². The Bertz CT molecular complexity index is 968. The fourth-order valence-electron chi connectivity index (χ4n) is 3.63. The molecule has 4 rings (SSSR count). The van der Waals surface area contributed by atoms with Crippen molar-refractivity contribution in [3.05, 3.63) is 41.4 Å². The van der Waals surface area contributed by atoms with Crippen LogP contribution in [0.3, 0.4) is 0 Å². The van der Waals surface area contributed by atoms with E-state index in [1.54, 1.807) is 6.26 Å². The lowest BCUT2D eigenvalue weighted by atomic mass is 10.2. The van der Waals surface area contributed by atoms with Crippen LogP contribution < -0.4 is 0 Å². The quantitative estimate of drug-likeness (QED) is 0.445. The molecule has 0 spiro atoms. The molecule has 1 aliphatic heterocycles. The second-order valence-electron chi connectivity index (χ2n) is 7.08. The summed E-state index contributed by atoms with van der Waals surface area (Å²) in [7, 11) is 1.87. The molecular weight excluding hydrogens is 376 g/mol. The van der Waals surface area contributed by atoms with Crippen LogP contribution in [0.5, 0.6) is 0 Å². The molecule has 0 radical (unpaired) electrons. The minimum Gasteiger partial charge on any atom is -0.461 e. The zero-order valence-electron chi connectivity index (χ0n) is 16.3. The highest BCUT2D eigenvalue weighted by molar-refractivity contribution is 7.99. The number of nitrogens with zero attached hydrogens (tertiary/aromatic N) is 4. The molecule has 8 heteroatoms. The van der Waals surface area contributed by atoms with E-state index in [2.05, 4.69) is 14.8 Å². The van der Waals surface area contributed by atoms with E-state index in [1.165, 1.54) is 11.8 Å². The molecule has 0 aliphatic carbocycles. The molecule has 7 nitrogen and oxygen atoms in total. The van der Waals surface area contributed by atoms with Gasteiger partial charge in [0.05, 0.1) is 18.1 Å². The Balaban J connectivity index is 1.44. The van der Waals surface area contributed by atoms with Crippen LogP contribution in [0.15, 0.2) is 34.0 Å². The topological polar surface area (TPSA) is 75.1 Å². The largest absolute Gasteiger partial charge is 0.461 e. The summed E-state index contributed by atoms with van der Waals surface area (Å²) in [6.07, 6.45) is 4.05. The molecule has 1 aliphatic rings. The van der Waals surface area contributed by atoms with E-state index in [0.29, 0.717) is 22.5 Å². The van der Waals surface area contributed by atoms with Crippen LogP contribution >= 0.6 is 11.8 Å². The lowest BCUT2D eigenvalue weighted by molar-refractivity contribution is 0.0957. The van der Waals surface area contributed by atoms with Gasteiger partial charge < -0.3 is 18.3 Å². The van der Waals surface area contributed by atoms with Gasteiger partial charge in [0.25, 0.3) is 0 Å². The Morgan fingerprint density at radius 3 is 2.93 bits per heavy atom. The average Bonchev–Trinajstić information content (AvgIpc) is 3.46. The maximum atomic E-state index is 12.8. The van der Waals surface area contributed by atoms with Crippen molar-refractivity contribution in [3.63, 3.8) is 0 Å². The number of carbonyl (C=O) groups excluding carboxylic acids is 1. The van der Waals surface area contributed by atoms with Gasteiger partial charge >= 0.3 is 0 Å². The number of aromatic nitrogens is 4. The second-order valence-corrected chi connectivity index (χ2v) is 8.03. The SMILES string of the molecule is Cc1cc(C(=O)CSc2nnc(-c3ccco3)n2C)c(C)n1C[C@H]1CCCO1. The summed E-state index contributed by atoms with van der Waals surface area (Å²) in [4.78, 5) is 12.8. The molecule has 4 heterocycles. The highest BCUT2D eigenvalue weighted by Gasteiger charge is 2.22. The Morgan fingerprint density at radius 1 is 1.36 bits per heavy atom. The Labute approximate surface area is 168 Å². The van der Waals surface area contributed by atoms with Gasteiger partial charge in [-0.25, -0.2) is 0 Å². The van der Waals surface area contributed by atoms with Crippen molar-refractivity contribution in [1.82, 2.24) is 19.3 Å². The van der Waals surface area contributed by atoms with Crippen LogP contribution in [-0.2, 0) is 18.3 Å². The summed E-state index contributed by atoms with van der Waals surface area (Å²) < 4.78 is 15.2. The first-order valence-electron chi connectivity index (χ1n) is 9.42. The smallest absolute Gasteiger partial charge is 0.200 e. The van der Waals surface area contributed by atoms with Crippen LogP contribution in [0.4, 0.5) is 0 Å². The number of aryl methyl sites for hydroxylation is 1.